The van der Waals surface area contributed by atoms with Crippen LogP contribution in [0.1, 0.15) is 19.4 Å². The first-order valence-electron chi connectivity index (χ1n) is 7.35. The van der Waals surface area contributed by atoms with Crippen LogP contribution in [0.4, 0.5) is 19.2 Å². The number of ether oxygens (including phenoxy) is 2. The standard InChI is InChI=1S/C13H16N2O4.C2H2N2O4/c1-9(2)8-18-12(16)14-15-13(17)19-11-7-5-4-6-10(11)3;5-1(6)3-4-2(7)8/h4-7,9H,8H2,1-3H3;(H,5,6)(H,7,8). The minimum absolute atomic E-state index is 0.193. The van der Waals surface area contributed by atoms with Gasteiger partial charge in [0.1, 0.15) is 5.75 Å². The van der Waals surface area contributed by atoms with Crippen molar-refractivity contribution in [2.24, 2.45) is 26.4 Å². The predicted molar refractivity (Wildman–Crippen MR) is 89.2 cm³/mol. The molecule has 2 N–H and O–H groups in total. The van der Waals surface area contributed by atoms with Gasteiger partial charge in [-0.3, -0.25) is 0 Å². The zero-order chi connectivity index (χ0) is 20.8. The lowest BCUT2D eigenvalue weighted by Crippen LogP contribution is -2.07. The van der Waals surface area contributed by atoms with Crippen LogP contribution in [-0.4, -0.2) is 41.2 Å². The average Bonchev–Trinajstić information content (AvgIpc) is 2.59. The summed E-state index contributed by atoms with van der Waals surface area (Å²) < 4.78 is 9.63. The Morgan fingerprint density at radius 1 is 0.926 bits per heavy atom. The van der Waals surface area contributed by atoms with Gasteiger partial charge in [0, 0.05) is 0 Å². The molecule has 0 radical (unpaired) electrons. The molecule has 0 aliphatic rings. The van der Waals surface area contributed by atoms with E-state index >= 15 is 0 Å². The Balaban J connectivity index is 0.000000713. The van der Waals surface area contributed by atoms with Crippen LogP contribution in [0.25, 0.3) is 0 Å². The molecule has 0 atom stereocenters. The van der Waals surface area contributed by atoms with E-state index < -0.39 is 24.4 Å². The van der Waals surface area contributed by atoms with Crippen LogP contribution in [0, 0.1) is 12.8 Å². The van der Waals surface area contributed by atoms with Crippen molar-refractivity contribution in [1.29, 1.82) is 0 Å². The van der Waals surface area contributed by atoms with Crippen LogP contribution in [0.15, 0.2) is 44.7 Å². The van der Waals surface area contributed by atoms with E-state index in [0.29, 0.717) is 5.75 Å². The van der Waals surface area contributed by atoms with E-state index in [1.807, 2.05) is 19.9 Å². The summed E-state index contributed by atoms with van der Waals surface area (Å²) in [6.45, 7) is 5.79. The van der Waals surface area contributed by atoms with E-state index in [2.05, 4.69) is 20.5 Å². The Labute approximate surface area is 153 Å². The Morgan fingerprint density at radius 3 is 1.93 bits per heavy atom. The van der Waals surface area contributed by atoms with Gasteiger partial charge in [-0.15, -0.1) is 0 Å². The molecule has 0 bridgehead atoms. The molecule has 0 saturated heterocycles. The molecule has 0 unspecified atom stereocenters. The van der Waals surface area contributed by atoms with Gasteiger partial charge in [0.05, 0.1) is 6.61 Å². The summed E-state index contributed by atoms with van der Waals surface area (Å²) in [5.41, 5.74) is 0.786. The maximum Gasteiger partial charge on any atom is 0.458 e. The minimum atomic E-state index is -1.62. The first kappa shape index (κ1) is 23.3. The molecule has 0 aliphatic carbocycles. The number of nitrogens with zero attached hydrogens (tertiary/aromatic N) is 4. The van der Waals surface area contributed by atoms with Crippen molar-refractivity contribution < 1.29 is 38.9 Å². The van der Waals surface area contributed by atoms with Gasteiger partial charge in [0.25, 0.3) is 0 Å². The van der Waals surface area contributed by atoms with Crippen molar-refractivity contribution in [2.45, 2.75) is 20.8 Å². The second kappa shape index (κ2) is 12.6. The fraction of sp³-hybridized carbons (Fsp3) is 0.333. The Bertz CT molecular complexity index is 714. The van der Waals surface area contributed by atoms with Crippen molar-refractivity contribution in [2.75, 3.05) is 6.61 Å². The van der Waals surface area contributed by atoms with Crippen LogP contribution >= 0.6 is 0 Å². The number of benzene rings is 1. The number of carbonyl (C=O) groups is 4. The number of para-hydroxylation sites is 1. The van der Waals surface area contributed by atoms with Crippen LogP contribution in [-0.2, 0) is 4.74 Å². The fourth-order valence-corrected chi connectivity index (χ4v) is 1.22. The molecule has 0 spiro atoms. The number of azo groups is 2. The van der Waals surface area contributed by atoms with Gasteiger partial charge in [0.15, 0.2) is 0 Å². The van der Waals surface area contributed by atoms with Crippen molar-refractivity contribution in [3.63, 3.8) is 0 Å². The summed E-state index contributed by atoms with van der Waals surface area (Å²) in [6.07, 6.45) is -5.11. The molecule has 1 aromatic rings. The lowest BCUT2D eigenvalue weighted by molar-refractivity contribution is 0.141. The summed E-state index contributed by atoms with van der Waals surface area (Å²) in [4.78, 5) is 41.2. The summed E-state index contributed by atoms with van der Waals surface area (Å²) >= 11 is 0. The zero-order valence-corrected chi connectivity index (χ0v) is 14.7. The molecule has 1 aromatic carbocycles. The van der Waals surface area contributed by atoms with E-state index in [-0.39, 0.29) is 12.5 Å². The lowest BCUT2D eigenvalue weighted by Gasteiger charge is -2.03. The molecule has 146 valence electrons. The number of aryl methyl sites for hydroxylation is 1. The maximum absolute atomic E-state index is 11.3. The van der Waals surface area contributed by atoms with Gasteiger partial charge in [-0.2, -0.15) is 0 Å². The van der Waals surface area contributed by atoms with Crippen molar-refractivity contribution in [1.82, 2.24) is 0 Å². The smallest absolute Gasteiger partial charge is 0.458 e. The number of amides is 4. The molecule has 0 aliphatic heterocycles. The molecule has 0 saturated carbocycles. The monoisotopic (exact) mass is 382 g/mol. The number of rotatable bonds is 3. The molecule has 27 heavy (non-hydrogen) atoms. The third kappa shape index (κ3) is 13.3. The average molecular weight is 382 g/mol. The highest BCUT2D eigenvalue weighted by Crippen LogP contribution is 2.16. The highest BCUT2D eigenvalue weighted by atomic mass is 16.6. The predicted octanol–water partition coefficient (Wildman–Crippen LogP) is 4.53. The molecule has 0 aromatic heterocycles. The molecule has 12 heteroatoms. The number of carboxylic acid groups (broad SMARTS) is 2. The van der Waals surface area contributed by atoms with E-state index in [9.17, 15) is 19.2 Å². The highest BCUT2D eigenvalue weighted by molar-refractivity contribution is 5.75. The quantitative estimate of drug-likeness (QED) is 0.716. The Kier molecular flexibility index (Phi) is 10.9. The van der Waals surface area contributed by atoms with Crippen molar-refractivity contribution in [3.05, 3.63) is 29.8 Å². The first-order valence-corrected chi connectivity index (χ1v) is 7.35. The van der Waals surface area contributed by atoms with Crippen LogP contribution < -0.4 is 4.74 Å². The van der Waals surface area contributed by atoms with E-state index in [0.717, 1.165) is 5.56 Å². The fourth-order valence-electron chi connectivity index (χ4n) is 1.22. The molecule has 1 rings (SSSR count). The van der Waals surface area contributed by atoms with Crippen LogP contribution in [0.5, 0.6) is 5.75 Å². The van der Waals surface area contributed by atoms with Crippen molar-refractivity contribution >= 4 is 24.4 Å². The summed E-state index contributed by atoms with van der Waals surface area (Å²) in [7, 11) is 0. The Morgan fingerprint density at radius 2 is 1.44 bits per heavy atom. The normalized spacial score (nSPS) is 10.4. The van der Waals surface area contributed by atoms with Gasteiger partial charge in [0.2, 0.25) is 0 Å². The molecular formula is C15H18N4O8. The second-order valence-electron chi connectivity index (χ2n) is 5.07. The molecule has 4 amide bonds. The topological polar surface area (TPSA) is 177 Å². The molecule has 0 heterocycles. The number of hydrogen-bond donors (Lipinski definition) is 2. The third-order valence-electron chi connectivity index (χ3n) is 2.27. The molecular weight excluding hydrogens is 364 g/mol. The lowest BCUT2D eigenvalue weighted by atomic mass is 10.2. The highest BCUT2D eigenvalue weighted by Gasteiger charge is 2.07. The third-order valence-corrected chi connectivity index (χ3v) is 2.27. The Hall–Kier alpha value is -3.70. The minimum Gasteiger partial charge on any atom is -0.462 e. The SMILES string of the molecule is Cc1ccccc1OC(=O)N=NC(=O)OCC(C)C.O=C(O)N=NC(=O)O. The maximum atomic E-state index is 11.3. The van der Waals surface area contributed by atoms with Crippen LogP contribution in [0.3, 0.4) is 0 Å². The first-order chi connectivity index (χ1) is 12.6. The number of hydrogen-bond acceptors (Lipinski definition) is 6. The molecule has 0 fully saturated rings. The van der Waals surface area contributed by atoms with Gasteiger partial charge >= 0.3 is 24.4 Å². The van der Waals surface area contributed by atoms with Crippen molar-refractivity contribution in [3.8, 4) is 5.75 Å². The van der Waals surface area contributed by atoms with Gasteiger partial charge in [-0.1, -0.05) is 52.5 Å². The summed E-state index contributed by atoms with van der Waals surface area (Å²) in [5.74, 6) is 0.570. The van der Waals surface area contributed by atoms with E-state index in [4.69, 9.17) is 19.7 Å². The second-order valence-corrected chi connectivity index (χ2v) is 5.07. The molecule has 12 nitrogen and oxygen atoms in total. The van der Waals surface area contributed by atoms with E-state index in [1.165, 1.54) is 0 Å². The van der Waals surface area contributed by atoms with Gasteiger partial charge in [-0.25, -0.2) is 19.2 Å². The zero-order valence-electron chi connectivity index (χ0n) is 14.7. The van der Waals surface area contributed by atoms with Gasteiger partial charge < -0.3 is 19.7 Å². The summed E-state index contributed by atoms with van der Waals surface area (Å²) in [6, 6.07) is 6.96. The largest absolute Gasteiger partial charge is 0.462 e. The summed E-state index contributed by atoms with van der Waals surface area (Å²) in [5, 5.41) is 26.0. The van der Waals surface area contributed by atoms with Gasteiger partial charge in [-0.05, 0) is 24.5 Å². The van der Waals surface area contributed by atoms with E-state index in [1.54, 1.807) is 25.1 Å². The van der Waals surface area contributed by atoms with Crippen LogP contribution in [0.2, 0.25) is 0 Å². The number of carbonyl (C=O) groups excluding carboxylic acids is 2.